The van der Waals surface area contributed by atoms with Gasteiger partial charge >= 0.3 is 6.09 Å². The van der Waals surface area contributed by atoms with Crippen molar-refractivity contribution in [3.05, 3.63) is 23.8 Å². The minimum Gasteiger partial charge on any atom is -0.483 e. The zero-order valence-electron chi connectivity index (χ0n) is 16.9. The van der Waals surface area contributed by atoms with Crippen LogP contribution in [-0.2, 0) is 6.42 Å². The number of benzene rings is 1. The van der Waals surface area contributed by atoms with E-state index in [1.165, 1.54) is 35.7 Å². The fraction of sp³-hybridized carbons (Fsp3) is 0.619. The summed E-state index contributed by atoms with van der Waals surface area (Å²) < 4.78 is 15.3. The van der Waals surface area contributed by atoms with Gasteiger partial charge in [0.05, 0.1) is 6.07 Å². The fourth-order valence-electron chi connectivity index (χ4n) is 3.84. The molecule has 1 aromatic carbocycles. The lowest BCUT2D eigenvalue weighted by Crippen LogP contribution is -2.37. The van der Waals surface area contributed by atoms with Crippen molar-refractivity contribution in [3.63, 3.8) is 0 Å². The van der Waals surface area contributed by atoms with Gasteiger partial charge < -0.3 is 9.47 Å². The number of carbonyl (C=O) groups is 1. The lowest BCUT2D eigenvalue weighted by Gasteiger charge is -2.34. The summed E-state index contributed by atoms with van der Waals surface area (Å²) in [5.74, 6) is 1.12. The second kappa shape index (κ2) is 9.06. The van der Waals surface area contributed by atoms with Gasteiger partial charge in [0, 0.05) is 50.2 Å². The molecule has 28 heavy (non-hydrogen) atoms. The van der Waals surface area contributed by atoms with Crippen LogP contribution in [0.2, 0.25) is 0 Å². The third-order valence-electron chi connectivity index (χ3n) is 5.16. The van der Waals surface area contributed by atoms with E-state index >= 15 is 0 Å². The summed E-state index contributed by atoms with van der Waals surface area (Å²) in [4.78, 5) is 12.7. The largest absolute Gasteiger partial charge is 0.483 e. The van der Waals surface area contributed by atoms with E-state index in [0.29, 0.717) is 30.5 Å². The molecule has 1 amide bonds. The number of carbonyl (C=O) groups excluding carboxylic acids is 1. The smallest absolute Gasteiger partial charge is 0.426 e. The minimum atomic E-state index is -0.440. The maximum Gasteiger partial charge on any atom is 0.426 e. The number of para-hydroxylation sites is 1. The zero-order chi connectivity index (χ0) is 20.1. The van der Waals surface area contributed by atoms with Gasteiger partial charge in [-0.15, -0.1) is 0 Å². The van der Waals surface area contributed by atoms with Crippen molar-refractivity contribution in [1.29, 1.82) is 5.26 Å². The molecule has 1 aliphatic carbocycles. The highest BCUT2D eigenvalue weighted by atomic mass is 32.2. The van der Waals surface area contributed by atoms with Gasteiger partial charge in [-0.05, 0) is 32.8 Å². The molecule has 0 radical (unpaired) electrons. The molecular formula is C21H29N3O3S. The van der Waals surface area contributed by atoms with Gasteiger partial charge in [0.1, 0.15) is 5.60 Å². The summed E-state index contributed by atoms with van der Waals surface area (Å²) >= 11 is 1.35. The SMILES string of the molecule is CN(SN(CCC#N)C1CCCCC1)C(=O)Oc1cccc2c1OC(C)(C)C2. The lowest BCUT2D eigenvalue weighted by atomic mass is 9.95. The summed E-state index contributed by atoms with van der Waals surface area (Å²) in [6, 6.07) is 8.27. The van der Waals surface area contributed by atoms with Crippen molar-refractivity contribution < 1.29 is 14.3 Å². The average Bonchev–Trinajstić information content (AvgIpc) is 3.00. The first-order valence-corrected chi connectivity index (χ1v) is 10.7. The molecule has 1 saturated carbocycles. The molecule has 0 saturated heterocycles. The highest BCUT2D eigenvalue weighted by Gasteiger charge is 2.33. The van der Waals surface area contributed by atoms with Crippen LogP contribution < -0.4 is 9.47 Å². The van der Waals surface area contributed by atoms with Crippen LogP contribution in [0.25, 0.3) is 0 Å². The predicted molar refractivity (Wildman–Crippen MR) is 110 cm³/mol. The molecular weight excluding hydrogens is 374 g/mol. The summed E-state index contributed by atoms with van der Waals surface area (Å²) in [5.41, 5.74) is 0.768. The van der Waals surface area contributed by atoms with Crippen molar-refractivity contribution in [1.82, 2.24) is 8.61 Å². The van der Waals surface area contributed by atoms with Crippen LogP contribution in [0.3, 0.4) is 0 Å². The first-order valence-electron chi connectivity index (χ1n) is 9.98. The normalized spacial score (nSPS) is 18.2. The van der Waals surface area contributed by atoms with Gasteiger partial charge in [0.2, 0.25) is 0 Å². The number of amides is 1. The Hall–Kier alpha value is -1.91. The van der Waals surface area contributed by atoms with E-state index in [9.17, 15) is 4.79 Å². The first-order chi connectivity index (χ1) is 13.4. The standard InChI is InChI=1S/C21H29N3O3S/c1-21(2)15-16-9-7-12-18(19(16)27-21)26-20(25)23(3)28-24(14-8-13-22)17-10-5-4-6-11-17/h7,9,12,17H,4-6,8,10-11,14-15H2,1-3H3. The van der Waals surface area contributed by atoms with Crippen LogP contribution in [0, 0.1) is 11.3 Å². The Balaban J connectivity index is 1.64. The highest BCUT2D eigenvalue weighted by Crippen LogP contribution is 2.42. The summed E-state index contributed by atoms with van der Waals surface area (Å²) in [7, 11) is 1.71. The van der Waals surface area contributed by atoms with Crippen molar-refractivity contribution in [2.24, 2.45) is 0 Å². The van der Waals surface area contributed by atoms with Crippen LogP contribution in [0.15, 0.2) is 18.2 Å². The van der Waals surface area contributed by atoms with Gasteiger partial charge in [0.15, 0.2) is 11.5 Å². The summed E-state index contributed by atoms with van der Waals surface area (Å²) in [6.07, 6.45) is 6.68. The zero-order valence-corrected chi connectivity index (χ0v) is 17.8. The average molecular weight is 404 g/mol. The predicted octanol–water partition coefficient (Wildman–Crippen LogP) is 4.94. The number of hydrogen-bond donors (Lipinski definition) is 0. The molecule has 1 aliphatic heterocycles. The van der Waals surface area contributed by atoms with Gasteiger partial charge in [-0.2, -0.15) is 5.26 Å². The van der Waals surface area contributed by atoms with Crippen LogP contribution in [0.5, 0.6) is 11.5 Å². The molecule has 0 aromatic heterocycles. The Morgan fingerprint density at radius 1 is 1.36 bits per heavy atom. The van der Waals surface area contributed by atoms with Gasteiger partial charge in [-0.3, -0.25) is 0 Å². The van der Waals surface area contributed by atoms with E-state index in [0.717, 1.165) is 24.8 Å². The van der Waals surface area contributed by atoms with Crippen molar-refractivity contribution in [2.45, 2.75) is 70.4 Å². The molecule has 7 heteroatoms. The van der Waals surface area contributed by atoms with E-state index < -0.39 is 6.09 Å². The molecule has 6 nitrogen and oxygen atoms in total. The molecule has 1 heterocycles. The summed E-state index contributed by atoms with van der Waals surface area (Å²) in [6.45, 7) is 4.69. The second-order valence-corrected chi connectivity index (χ2v) is 9.25. The van der Waals surface area contributed by atoms with Gasteiger partial charge in [-0.1, -0.05) is 31.4 Å². The topological polar surface area (TPSA) is 65.8 Å². The number of hydrogen-bond acceptors (Lipinski definition) is 6. The van der Waals surface area contributed by atoms with Gasteiger partial charge in [-0.25, -0.2) is 13.4 Å². The maximum absolute atomic E-state index is 12.7. The van der Waals surface area contributed by atoms with Crippen LogP contribution in [0.4, 0.5) is 4.79 Å². The molecule has 0 unspecified atom stereocenters. The minimum absolute atomic E-state index is 0.291. The lowest BCUT2D eigenvalue weighted by molar-refractivity contribution is 0.131. The number of rotatable bonds is 6. The monoisotopic (exact) mass is 403 g/mol. The Kier molecular flexibility index (Phi) is 6.73. The van der Waals surface area contributed by atoms with Crippen molar-refractivity contribution >= 4 is 18.2 Å². The van der Waals surface area contributed by atoms with E-state index in [1.807, 2.05) is 26.0 Å². The Labute approximate surface area is 172 Å². The van der Waals surface area contributed by atoms with Crippen LogP contribution in [-0.4, -0.2) is 39.9 Å². The van der Waals surface area contributed by atoms with Gasteiger partial charge in [0.25, 0.3) is 0 Å². The summed E-state index contributed by atoms with van der Waals surface area (Å²) in [5, 5.41) is 8.98. The van der Waals surface area contributed by atoms with E-state index in [-0.39, 0.29) is 5.60 Å². The van der Waals surface area contributed by atoms with E-state index in [2.05, 4.69) is 10.4 Å². The highest BCUT2D eigenvalue weighted by molar-refractivity contribution is 7.95. The second-order valence-electron chi connectivity index (χ2n) is 8.07. The first kappa shape index (κ1) is 20.8. The van der Waals surface area contributed by atoms with E-state index in [4.69, 9.17) is 14.7 Å². The molecule has 3 rings (SSSR count). The van der Waals surface area contributed by atoms with E-state index in [1.54, 1.807) is 13.1 Å². The molecule has 0 bridgehead atoms. The third-order valence-corrected chi connectivity index (χ3v) is 6.25. The number of fused-ring (bicyclic) bond motifs is 1. The Morgan fingerprint density at radius 2 is 2.11 bits per heavy atom. The fourth-order valence-corrected chi connectivity index (χ4v) is 4.77. The molecule has 0 spiro atoms. The molecule has 0 atom stereocenters. The van der Waals surface area contributed by atoms with Crippen molar-refractivity contribution in [3.8, 4) is 17.6 Å². The molecule has 1 fully saturated rings. The number of nitriles is 1. The molecule has 1 aromatic rings. The molecule has 0 N–H and O–H groups in total. The number of ether oxygens (including phenoxy) is 2. The molecule has 152 valence electrons. The third kappa shape index (κ3) is 5.12. The Bertz CT molecular complexity index is 741. The van der Waals surface area contributed by atoms with Crippen LogP contribution >= 0.6 is 12.1 Å². The quantitative estimate of drug-likeness (QED) is 0.627. The maximum atomic E-state index is 12.7. The number of nitrogens with zero attached hydrogens (tertiary/aromatic N) is 3. The Morgan fingerprint density at radius 3 is 2.82 bits per heavy atom. The van der Waals surface area contributed by atoms with Crippen LogP contribution in [0.1, 0.15) is 57.9 Å². The molecule has 2 aliphatic rings. The van der Waals surface area contributed by atoms with Crippen molar-refractivity contribution in [2.75, 3.05) is 13.6 Å².